The summed E-state index contributed by atoms with van der Waals surface area (Å²) in [6, 6.07) is 5.28. The van der Waals surface area contributed by atoms with E-state index in [0.29, 0.717) is 23.8 Å². The van der Waals surface area contributed by atoms with E-state index in [1.807, 2.05) is 26.0 Å². The molecule has 0 atom stereocenters. The van der Waals surface area contributed by atoms with Gasteiger partial charge in [0.2, 0.25) is 5.88 Å². The maximum Gasteiger partial charge on any atom is 0.216 e. The lowest BCUT2D eigenvalue weighted by atomic mass is 10.1. The zero-order chi connectivity index (χ0) is 19.7. The van der Waals surface area contributed by atoms with Crippen molar-refractivity contribution in [3.05, 3.63) is 40.4 Å². The number of aryl methyl sites for hydroxylation is 2. The maximum absolute atomic E-state index is 14.4. The number of likely N-dealkylation sites (tertiary alicyclic amines) is 1. The van der Waals surface area contributed by atoms with Crippen molar-refractivity contribution < 1.29 is 13.9 Å². The smallest absolute Gasteiger partial charge is 0.216 e. The zero-order valence-corrected chi connectivity index (χ0v) is 17.1. The third-order valence-corrected chi connectivity index (χ3v) is 5.75. The van der Waals surface area contributed by atoms with E-state index in [4.69, 9.17) is 9.47 Å². The summed E-state index contributed by atoms with van der Waals surface area (Å²) in [4.78, 5) is 15.3. The van der Waals surface area contributed by atoms with Crippen molar-refractivity contribution in [2.45, 2.75) is 39.3 Å². The van der Waals surface area contributed by atoms with Crippen LogP contribution in [0.25, 0.3) is 10.3 Å². The Morgan fingerprint density at radius 2 is 1.93 bits per heavy atom. The van der Waals surface area contributed by atoms with Crippen LogP contribution in [0.3, 0.4) is 0 Å². The number of hydrogen-bond acceptors (Lipinski definition) is 7. The molecule has 0 unspecified atom stereocenters. The molecule has 0 N–H and O–H groups in total. The molecular weight excluding hydrogens is 379 g/mol. The normalized spacial score (nSPS) is 15.9. The Labute approximate surface area is 167 Å². The highest BCUT2D eigenvalue weighted by Gasteiger charge is 2.22. The molecule has 8 heteroatoms. The Hall–Kier alpha value is -2.32. The molecule has 1 saturated heterocycles. The van der Waals surface area contributed by atoms with Crippen LogP contribution in [0, 0.1) is 19.7 Å². The van der Waals surface area contributed by atoms with Crippen LogP contribution >= 0.6 is 11.3 Å². The Morgan fingerprint density at radius 1 is 1.14 bits per heavy atom. The molecule has 0 saturated carbocycles. The van der Waals surface area contributed by atoms with Gasteiger partial charge < -0.3 is 9.47 Å². The molecule has 0 spiro atoms. The standard InChI is InChI=1S/C20H23FN4O2S/c1-12-8-15(9-19(22-12)26-3)27-14-4-6-25(7-5-14)11-17-16(21)10-18-20(24-17)23-13(2)28-18/h8-10,14H,4-7,11H2,1-3H3. The van der Waals surface area contributed by atoms with Crippen LogP contribution in [0.15, 0.2) is 18.2 Å². The van der Waals surface area contributed by atoms with E-state index in [1.54, 1.807) is 13.2 Å². The van der Waals surface area contributed by atoms with Crippen LogP contribution in [-0.2, 0) is 6.54 Å². The summed E-state index contributed by atoms with van der Waals surface area (Å²) in [5, 5.41) is 0.903. The molecule has 0 aromatic carbocycles. The van der Waals surface area contributed by atoms with Crippen LogP contribution in [0.4, 0.5) is 4.39 Å². The van der Waals surface area contributed by atoms with Gasteiger partial charge in [-0.05, 0) is 32.8 Å². The second-order valence-electron chi connectivity index (χ2n) is 7.05. The molecule has 3 aromatic heterocycles. The molecule has 0 radical (unpaired) electrons. The van der Waals surface area contributed by atoms with Gasteiger partial charge in [0, 0.05) is 37.5 Å². The molecule has 1 fully saturated rings. The Morgan fingerprint density at radius 3 is 2.68 bits per heavy atom. The summed E-state index contributed by atoms with van der Waals surface area (Å²) >= 11 is 1.47. The first-order chi connectivity index (χ1) is 13.5. The van der Waals surface area contributed by atoms with Crippen molar-refractivity contribution in [2.24, 2.45) is 0 Å². The summed E-state index contributed by atoms with van der Waals surface area (Å²) in [6.07, 6.45) is 1.89. The van der Waals surface area contributed by atoms with Gasteiger partial charge in [-0.1, -0.05) is 0 Å². The first-order valence-electron chi connectivity index (χ1n) is 9.34. The summed E-state index contributed by atoms with van der Waals surface area (Å²) in [6.45, 7) is 5.99. The fourth-order valence-corrected chi connectivity index (χ4v) is 4.26. The van der Waals surface area contributed by atoms with Gasteiger partial charge in [0.05, 0.1) is 22.5 Å². The van der Waals surface area contributed by atoms with Gasteiger partial charge in [0.25, 0.3) is 0 Å². The fraction of sp³-hybridized carbons (Fsp3) is 0.450. The SMILES string of the molecule is COc1cc(OC2CCN(Cc3nc4nc(C)sc4cc3F)CC2)cc(C)n1. The minimum Gasteiger partial charge on any atom is -0.490 e. The van der Waals surface area contributed by atoms with Gasteiger partial charge in [-0.25, -0.2) is 19.3 Å². The van der Waals surface area contributed by atoms with Crippen molar-refractivity contribution in [1.29, 1.82) is 0 Å². The second kappa shape index (κ2) is 7.97. The van der Waals surface area contributed by atoms with Gasteiger partial charge in [-0.3, -0.25) is 4.90 Å². The zero-order valence-electron chi connectivity index (χ0n) is 16.2. The lowest BCUT2D eigenvalue weighted by Gasteiger charge is -2.32. The molecule has 0 amide bonds. The van der Waals surface area contributed by atoms with Gasteiger partial charge in [0.1, 0.15) is 17.7 Å². The number of halogens is 1. The Balaban J connectivity index is 1.37. The number of fused-ring (bicyclic) bond motifs is 1. The average molecular weight is 402 g/mol. The van der Waals surface area contributed by atoms with Crippen LogP contribution in [0.2, 0.25) is 0 Å². The lowest BCUT2D eigenvalue weighted by Crippen LogP contribution is -2.38. The van der Waals surface area contributed by atoms with Gasteiger partial charge in [-0.15, -0.1) is 11.3 Å². The van der Waals surface area contributed by atoms with Gasteiger partial charge in [-0.2, -0.15) is 0 Å². The van der Waals surface area contributed by atoms with Crippen LogP contribution in [-0.4, -0.2) is 46.2 Å². The largest absolute Gasteiger partial charge is 0.490 e. The number of rotatable bonds is 5. The molecule has 6 nitrogen and oxygen atoms in total. The summed E-state index contributed by atoms with van der Waals surface area (Å²) in [5.74, 6) is 1.08. The average Bonchev–Trinajstić information content (AvgIpc) is 3.02. The maximum atomic E-state index is 14.4. The van der Waals surface area contributed by atoms with Crippen molar-refractivity contribution in [3.8, 4) is 11.6 Å². The van der Waals surface area contributed by atoms with Crippen LogP contribution in [0.1, 0.15) is 29.2 Å². The molecular formula is C20H23FN4O2S. The molecule has 4 heterocycles. The summed E-state index contributed by atoms with van der Waals surface area (Å²) in [7, 11) is 1.60. The first kappa shape index (κ1) is 19.0. The summed E-state index contributed by atoms with van der Waals surface area (Å²) in [5.41, 5.74) is 1.96. The number of pyridine rings is 2. The third kappa shape index (κ3) is 4.23. The third-order valence-electron chi connectivity index (χ3n) is 4.84. The number of ether oxygens (including phenoxy) is 2. The second-order valence-corrected chi connectivity index (χ2v) is 8.29. The molecule has 1 aliphatic heterocycles. The lowest BCUT2D eigenvalue weighted by molar-refractivity contribution is 0.0951. The summed E-state index contributed by atoms with van der Waals surface area (Å²) < 4.78 is 26.5. The molecule has 4 rings (SSSR count). The number of methoxy groups -OCH3 is 1. The van der Waals surface area contributed by atoms with E-state index in [1.165, 1.54) is 11.3 Å². The molecule has 28 heavy (non-hydrogen) atoms. The van der Waals surface area contributed by atoms with Crippen molar-refractivity contribution in [1.82, 2.24) is 19.9 Å². The monoisotopic (exact) mass is 402 g/mol. The Kier molecular flexibility index (Phi) is 5.41. The highest BCUT2D eigenvalue weighted by molar-refractivity contribution is 7.18. The number of hydrogen-bond donors (Lipinski definition) is 0. The minimum atomic E-state index is -0.256. The fourth-order valence-electron chi connectivity index (χ4n) is 3.47. The molecule has 0 aliphatic carbocycles. The topological polar surface area (TPSA) is 60.4 Å². The van der Waals surface area contributed by atoms with Crippen molar-refractivity contribution in [2.75, 3.05) is 20.2 Å². The van der Waals surface area contributed by atoms with E-state index in [0.717, 1.165) is 47.1 Å². The van der Waals surface area contributed by atoms with Gasteiger partial charge >= 0.3 is 0 Å². The van der Waals surface area contributed by atoms with Crippen molar-refractivity contribution >= 4 is 21.7 Å². The van der Waals surface area contributed by atoms with Crippen molar-refractivity contribution in [3.63, 3.8) is 0 Å². The van der Waals surface area contributed by atoms with Crippen LogP contribution in [0.5, 0.6) is 11.6 Å². The number of aromatic nitrogens is 3. The molecule has 0 bridgehead atoms. The minimum absolute atomic E-state index is 0.129. The highest BCUT2D eigenvalue weighted by atomic mass is 32.1. The predicted molar refractivity (Wildman–Crippen MR) is 107 cm³/mol. The molecule has 1 aliphatic rings. The Bertz CT molecular complexity index is 986. The quantitative estimate of drug-likeness (QED) is 0.645. The van der Waals surface area contributed by atoms with Gasteiger partial charge in [0.15, 0.2) is 5.65 Å². The number of thiazole rings is 1. The molecule has 3 aromatic rings. The van der Waals surface area contributed by atoms with E-state index in [9.17, 15) is 4.39 Å². The number of piperidine rings is 1. The first-order valence-corrected chi connectivity index (χ1v) is 10.2. The van der Waals surface area contributed by atoms with Crippen LogP contribution < -0.4 is 9.47 Å². The highest BCUT2D eigenvalue weighted by Crippen LogP contribution is 2.25. The van der Waals surface area contributed by atoms with E-state index in [2.05, 4.69) is 19.9 Å². The number of nitrogens with zero attached hydrogens (tertiary/aromatic N) is 4. The van der Waals surface area contributed by atoms with E-state index >= 15 is 0 Å². The molecule has 148 valence electrons. The van der Waals surface area contributed by atoms with E-state index < -0.39 is 0 Å². The predicted octanol–water partition coefficient (Wildman–Crippen LogP) is 3.89. The van der Waals surface area contributed by atoms with E-state index in [-0.39, 0.29) is 11.9 Å².